The van der Waals surface area contributed by atoms with E-state index in [1.54, 1.807) is 0 Å². The predicted molar refractivity (Wildman–Crippen MR) is 116 cm³/mol. The first-order valence-electron chi connectivity index (χ1n) is 9.33. The number of hydrogen-bond acceptors (Lipinski definition) is 7. The fourth-order valence-electron chi connectivity index (χ4n) is 2.74. The lowest BCUT2D eigenvalue weighted by Gasteiger charge is -2.15. The molecule has 0 aliphatic rings. The number of benzene rings is 1. The van der Waals surface area contributed by atoms with Crippen LogP contribution in [0.15, 0.2) is 30.5 Å². The molecule has 35 heavy (non-hydrogen) atoms. The number of hydrazine groups is 1. The van der Waals surface area contributed by atoms with Crippen molar-refractivity contribution in [3.05, 3.63) is 63.3 Å². The summed E-state index contributed by atoms with van der Waals surface area (Å²) in [6.07, 6.45) is -4.73. The van der Waals surface area contributed by atoms with Gasteiger partial charge in [0.1, 0.15) is 0 Å². The molecule has 0 saturated carbocycles. The molecular formula is C19H14Cl2F3N7O4. The Morgan fingerprint density at radius 2 is 1.83 bits per heavy atom. The lowest BCUT2D eigenvalue weighted by molar-refractivity contribution is -0.144. The zero-order valence-electron chi connectivity index (χ0n) is 17.7. The number of alkyl halides is 3. The van der Waals surface area contributed by atoms with Crippen molar-refractivity contribution in [2.75, 3.05) is 12.4 Å². The van der Waals surface area contributed by atoms with Crippen LogP contribution in [-0.2, 0) is 10.9 Å². The van der Waals surface area contributed by atoms with E-state index in [2.05, 4.69) is 25.1 Å². The third-order valence-electron chi connectivity index (χ3n) is 4.25. The molecule has 184 valence electrons. The van der Waals surface area contributed by atoms with E-state index >= 15 is 0 Å². The van der Waals surface area contributed by atoms with Crippen LogP contribution >= 0.6 is 23.2 Å². The van der Waals surface area contributed by atoms with Crippen LogP contribution in [0.3, 0.4) is 0 Å². The number of aryl methyl sites for hydroxylation is 1. The third kappa shape index (κ3) is 5.78. The average Bonchev–Trinajstić information content (AvgIpc) is 3.25. The molecule has 0 aliphatic carbocycles. The van der Waals surface area contributed by atoms with Crippen molar-refractivity contribution in [2.24, 2.45) is 0 Å². The summed E-state index contributed by atoms with van der Waals surface area (Å²) in [6.45, 7) is 1.48. The minimum absolute atomic E-state index is 0.100. The van der Waals surface area contributed by atoms with Gasteiger partial charge in [0, 0.05) is 11.2 Å². The van der Waals surface area contributed by atoms with Gasteiger partial charge in [0.15, 0.2) is 5.82 Å². The van der Waals surface area contributed by atoms with Crippen LogP contribution in [0.1, 0.15) is 32.4 Å². The van der Waals surface area contributed by atoms with Crippen molar-refractivity contribution in [1.29, 1.82) is 0 Å². The van der Waals surface area contributed by atoms with Crippen molar-refractivity contribution < 1.29 is 32.3 Å². The second kappa shape index (κ2) is 10.1. The summed E-state index contributed by atoms with van der Waals surface area (Å²) in [5.74, 6) is -4.80. The molecule has 16 heteroatoms. The molecule has 0 bridgehead atoms. The van der Waals surface area contributed by atoms with E-state index in [4.69, 9.17) is 23.2 Å². The van der Waals surface area contributed by atoms with Crippen LogP contribution in [-0.4, -0.2) is 44.8 Å². The summed E-state index contributed by atoms with van der Waals surface area (Å²) in [5.41, 5.74) is 3.91. The molecule has 1 aromatic carbocycles. The number of aromatic nitrogens is 4. The smallest absolute Gasteiger partial charge is 0.452 e. The highest BCUT2D eigenvalue weighted by molar-refractivity contribution is 6.32. The Balaban J connectivity index is 2.04. The van der Waals surface area contributed by atoms with Gasteiger partial charge in [0.25, 0.3) is 17.6 Å². The quantitative estimate of drug-likeness (QED) is 0.437. The Bertz CT molecular complexity index is 1310. The van der Waals surface area contributed by atoms with Gasteiger partial charge in [-0.3, -0.25) is 15.0 Å². The normalized spacial score (nSPS) is 11.1. The van der Waals surface area contributed by atoms with Gasteiger partial charge in [-0.05, 0) is 36.8 Å². The largest absolute Gasteiger partial charge is 0.453 e. The number of anilines is 1. The third-order valence-corrected chi connectivity index (χ3v) is 4.76. The number of halogens is 5. The van der Waals surface area contributed by atoms with Gasteiger partial charge in [-0.1, -0.05) is 23.2 Å². The average molecular weight is 532 g/mol. The van der Waals surface area contributed by atoms with E-state index in [1.165, 1.54) is 37.4 Å². The Morgan fingerprint density at radius 1 is 1.11 bits per heavy atom. The first-order chi connectivity index (χ1) is 16.4. The molecule has 3 aromatic rings. The number of ether oxygens (including phenoxy) is 1. The van der Waals surface area contributed by atoms with Gasteiger partial charge in [-0.15, -0.1) is 5.10 Å². The van der Waals surface area contributed by atoms with Crippen molar-refractivity contribution in [3.8, 4) is 5.82 Å². The number of rotatable bonds is 4. The van der Waals surface area contributed by atoms with Crippen LogP contribution in [0.4, 0.5) is 23.7 Å². The number of hydrogen-bond donors (Lipinski definition) is 3. The van der Waals surface area contributed by atoms with Gasteiger partial charge in [-0.25, -0.2) is 15.2 Å². The molecular weight excluding hydrogens is 518 g/mol. The second-order valence-corrected chi connectivity index (χ2v) is 7.49. The highest BCUT2D eigenvalue weighted by Crippen LogP contribution is 2.30. The van der Waals surface area contributed by atoms with E-state index in [9.17, 15) is 27.6 Å². The Hall–Kier alpha value is -3.91. The van der Waals surface area contributed by atoms with Crippen LogP contribution in [0, 0.1) is 6.92 Å². The van der Waals surface area contributed by atoms with Crippen LogP contribution in [0.25, 0.3) is 5.82 Å². The standard InChI is InChI=1S/C19H14Cl2F3N7O4/c1-8-6-9(20)7-10(15(32)28-29-18(34)35-2)12(8)26-16(33)14-27-17(19(22,23)24)30-31(14)13-11(21)4-3-5-25-13/h3-7H,1-2H3,(H,26,33)(H,28,32)(H,29,34). The zero-order valence-corrected chi connectivity index (χ0v) is 19.2. The lowest BCUT2D eigenvalue weighted by atomic mass is 10.1. The summed E-state index contributed by atoms with van der Waals surface area (Å²) in [5, 5.41) is 5.68. The lowest BCUT2D eigenvalue weighted by Crippen LogP contribution is -2.41. The molecule has 0 fully saturated rings. The summed E-state index contributed by atoms with van der Waals surface area (Å²) >= 11 is 12.0. The van der Waals surface area contributed by atoms with E-state index in [1.807, 2.05) is 10.9 Å². The molecule has 3 N–H and O–H groups in total. The first kappa shape index (κ1) is 25.7. The fourth-order valence-corrected chi connectivity index (χ4v) is 3.22. The maximum Gasteiger partial charge on any atom is 0.453 e. The molecule has 0 atom stereocenters. The van der Waals surface area contributed by atoms with Gasteiger partial charge in [0.05, 0.1) is 23.4 Å². The minimum atomic E-state index is -4.98. The molecule has 11 nitrogen and oxygen atoms in total. The van der Waals surface area contributed by atoms with E-state index in [0.29, 0.717) is 4.68 Å². The number of methoxy groups -OCH3 is 1. The Morgan fingerprint density at radius 3 is 2.46 bits per heavy atom. The highest BCUT2D eigenvalue weighted by Gasteiger charge is 2.39. The zero-order chi connectivity index (χ0) is 25.9. The summed E-state index contributed by atoms with van der Waals surface area (Å²) in [7, 11) is 1.07. The highest BCUT2D eigenvalue weighted by atomic mass is 35.5. The summed E-state index contributed by atoms with van der Waals surface area (Å²) < 4.78 is 44.8. The number of carbonyl (C=O) groups is 3. The van der Waals surface area contributed by atoms with Crippen LogP contribution in [0.5, 0.6) is 0 Å². The molecule has 0 radical (unpaired) electrons. The number of carbonyl (C=O) groups excluding carboxylic acids is 3. The summed E-state index contributed by atoms with van der Waals surface area (Å²) in [6, 6.07) is 5.32. The maximum atomic E-state index is 13.3. The molecule has 3 amide bonds. The Kier molecular flexibility index (Phi) is 7.45. The van der Waals surface area contributed by atoms with Crippen LogP contribution in [0.2, 0.25) is 10.0 Å². The van der Waals surface area contributed by atoms with Crippen molar-refractivity contribution >= 4 is 46.8 Å². The van der Waals surface area contributed by atoms with Crippen molar-refractivity contribution in [2.45, 2.75) is 13.1 Å². The molecule has 0 spiro atoms. The molecule has 0 unspecified atom stereocenters. The van der Waals surface area contributed by atoms with Crippen molar-refractivity contribution in [1.82, 2.24) is 30.6 Å². The van der Waals surface area contributed by atoms with E-state index < -0.39 is 35.7 Å². The van der Waals surface area contributed by atoms with Crippen molar-refractivity contribution in [3.63, 3.8) is 0 Å². The fraction of sp³-hybridized carbons (Fsp3) is 0.158. The topological polar surface area (TPSA) is 140 Å². The molecule has 2 heterocycles. The molecule has 0 aliphatic heterocycles. The number of nitrogens with zero attached hydrogens (tertiary/aromatic N) is 4. The summed E-state index contributed by atoms with van der Waals surface area (Å²) in [4.78, 5) is 44.0. The predicted octanol–water partition coefficient (Wildman–Crippen LogP) is 3.55. The SMILES string of the molecule is COC(=O)NNC(=O)c1cc(Cl)cc(C)c1NC(=O)c1nc(C(F)(F)F)nn1-c1ncccc1Cl. The number of pyridine rings is 1. The van der Waals surface area contributed by atoms with Gasteiger partial charge in [0.2, 0.25) is 5.82 Å². The van der Waals surface area contributed by atoms with Gasteiger partial charge < -0.3 is 10.1 Å². The monoisotopic (exact) mass is 531 g/mol. The molecule has 3 rings (SSSR count). The number of amides is 3. The van der Waals surface area contributed by atoms with E-state index in [0.717, 1.165) is 7.11 Å². The maximum absolute atomic E-state index is 13.3. The Labute approximate surface area is 204 Å². The number of nitrogens with one attached hydrogen (secondary N) is 3. The van der Waals surface area contributed by atoms with Gasteiger partial charge >= 0.3 is 12.3 Å². The van der Waals surface area contributed by atoms with E-state index in [-0.39, 0.29) is 32.7 Å². The minimum Gasteiger partial charge on any atom is -0.452 e. The molecule has 2 aromatic heterocycles. The molecule has 0 saturated heterocycles. The van der Waals surface area contributed by atoms with Crippen LogP contribution < -0.4 is 16.2 Å². The first-order valence-corrected chi connectivity index (χ1v) is 10.1. The second-order valence-electron chi connectivity index (χ2n) is 6.65. The van der Waals surface area contributed by atoms with Gasteiger partial charge in [-0.2, -0.15) is 22.8 Å².